The van der Waals surface area contributed by atoms with Gasteiger partial charge in [-0.1, -0.05) is 18.2 Å². The highest BCUT2D eigenvalue weighted by Gasteiger charge is 2.64. The first-order valence-corrected chi connectivity index (χ1v) is 7.35. The van der Waals surface area contributed by atoms with Crippen LogP contribution in [-0.2, 0) is 11.8 Å². The Hall–Kier alpha value is -1.52. The van der Waals surface area contributed by atoms with Gasteiger partial charge in [0.1, 0.15) is 12.2 Å². The summed E-state index contributed by atoms with van der Waals surface area (Å²) in [5.74, 6) is -1.10. The van der Waals surface area contributed by atoms with E-state index in [-0.39, 0.29) is 35.6 Å². The van der Waals surface area contributed by atoms with Gasteiger partial charge in [0.15, 0.2) is 11.5 Å². The largest absolute Gasteiger partial charge is 0.493 e. The maximum absolute atomic E-state index is 9.30. The smallest absolute Gasteiger partial charge is 0.211 e. The van der Waals surface area contributed by atoms with E-state index in [0.29, 0.717) is 0 Å². The maximum Gasteiger partial charge on any atom is 0.211 e. The number of likely N-dealkylation sites (tertiary alicyclic amines) is 1. The maximum atomic E-state index is 9.30. The molecular weight excluding hydrogens is 278 g/mol. The molecule has 0 radical (unpaired) electrons. The van der Waals surface area contributed by atoms with Crippen LogP contribution in [0.25, 0.3) is 0 Å². The fourth-order valence-electron chi connectivity index (χ4n) is 4.24. The minimum atomic E-state index is -2.39. The molecule has 2 unspecified atom stereocenters. The number of rotatable bonds is 2. The van der Waals surface area contributed by atoms with Crippen LogP contribution in [0.1, 0.15) is 27.1 Å². The van der Waals surface area contributed by atoms with E-state index >= 15 is 0 Å². The molecule has 22 heavy (non-hydrogen) atoms. The van der Waals surface area contributed by atoms with E-state index < -0.39 is 48.0 Å². The van der Waals surface area contributed by atoms with Crippen LogP contribution >= 0.6 is 0 Å². The summed E-state index contributed by atoms with van der Waals surface area (Å²) in [6, 6.07) is -2.76. The molecular formula is C18H21NO3. The Labute approximate surface area is 141 Å². The molecule has 2 bridgehead atoms. The van der Waals surface area contributed by atoms with Crippen molar-refractivity contribution in [3.63, 3.8) is 0 Å². The summed E-state index contributed by atoms with van der Waals surface area (Å²) in [4.78, 5) is 1.56. The molecule has 1 aromatic rings. The average Bonchev–Trinajstić information content (AvgIpc) is 2.95. The summed E-state index contributed by atoms with van der Waals surface area (Å²) in [6.45, 7) is 0.239. The average molecular weight is 307 g/mol. The standard InChI is InChI=1S/C18H21NO3/c1-19-8-7-18-11-4-5-13(20)17(18)22-16-14(21-2)6-3-10(15(16)18)9-12(11)19/h3-6,11-13,17,20H,7-9H2,1-2H3/t11-,12+,13?,17?,18-/m0/s1/i3D,6D,9D2,12D,13D,17D,20D. The van der Waals surface area contributed by atoms with Gasteiger partial charge in [-0.05, 0) is 38.0 Å². The minimum absolute atomic E-state index is 0.0682. The first-order chi connectivity index (χ1) is 13.9. The third-order valence-corrected chi connectivity index (χ3v) is 5.24. The predicted molar refractivity (Wildman–Crippen MR) is 82.5 cm³/mol. The Bertz CT molecular complexity index is 1020. The zero-order chi connectivity index (χ0) is 22.1. The molecule has 4 nitrogen and oxygen atoms in total. The van der Waals surface area contributed by atoms with Crippen molar-refractivity contribution in [3.05, 3.63) is 35.4 Å². The molecule has 4 heteroatoms. The first kappa shape index (κ1) is 7.37. The summed E-state index contributed by atoms with van der Waals surface area (Å²) < 4.78 is 81.0. The van der Waals surface area contributed by atoms with E-state index in [1.807, 2.05) is 0 Å². The molecule has 2 heterocycles. The molecule has 0 amide bonds. The SMILES string of the molecule is [2H]OC1([2H])C=C[C@@H]2[C@@]34CCN(C)[C@]2([2H])C([2H])([2H])c2c([2H])c([2H])c(OC)c(c23)OC14[2H]. The normalized spacial score (nSPS) is 58.5. The third-order valence-electron chi connectivity index (χ3n) is 5.24. The summed E-state index contributed by atoms with van der Waals surface area (Å²) in [7, 11) is 2.91. The monoisotopic (exact) mass is 307 g/mol. The van der Waals surface area contributed by atoms with Crippen LogP contribution in [0.15, 0.2) is 24.2 Å². The molecule has 0 aromatic heterocycles. The molecule has 116 valence electrons. The van der Waals surface area contributed by atoms with Crippen molar-refractivity contribution >= 4 is 0 Å². The number of nitrogens with zero attached hydrogens (tertiary/aromatic N) is 1. The molecule has 4 aliphatic rings. The Morgan fingerprint density at radius 2 is 2.50 bits per heavy atom. The van der Waals surface area contributed by atoms with Crippen molar-refractivity contribution < 1.29 is 24.2 Å². The molecule has 2 aliphatic carbocycles. The zero-order valence-electron chi connectivity index (χ0n) is 20.3. The van der Waals surface area contributed by atoms with Crippen molar-refractivity contribution in [1.29, 1.82) is 1.43 Å². The summed E-state index contributed by atoms with van der Waals surface area (Å²) in [5.41, 5.74) is -1.41. The molecule has 5 atom stereocenters. The Morgan fingerprint density at radius 1 is 1.59 bits per heavy atom. The number of hydrogen-bond donors (Lipinski definition) is 1. The Kier molecular flexibility index (Phi) is 1.36. The molecule has 2 aliphatic heterocycles. The summed E-state index contributed by atoms with van der Waals surface area (Å²) in [6.07, 6.45) is -4.00. The molecule has 1 spiro atoms. The van der Waals surface area contributed by atoms with Crippen molar-refractivity contribution in [2.75, 3.05) is 20.7 Å². The van der Waals surface area contributed by atoms with Crippen LogP contribution in [-0.4, -0.2) is 50.3 Å². The quantitative estimate of drug-likeness (QED) is 0.841. The van der Waals surface area contributed by atoms with E-state index in [1.165, 1.54) is 19.3 Å². The Balaban J connectivity index is 2.02. The van der Waals surface area contributed by atoms with E-state index in [1.54, 1.807) is 11.9 Å². The summed E-state index contributed by atoms with van der Waals surface area (Å²) in [5, 5.41) is 4.69. The first-order valence-electron chi connectivity index (χ1n) is 11.3. The second-order valence-electron chi connectivity index (χ2n) is 6.15. The van der Waals surface area contributed by atoms with Crippen LogP contribution in [0.4, 0.5) is 0 Å². The molecule has 1 N–H and O–H groups in total. The lowest BCUT2D eigenvalue weighted by Crippen LogP contribution is -2.64. The molecule has 0 saturated carbocycles. The van der Waals surface area contributed by atoms with Crippen molar-refractivity contribution in [2.24, 2.45) is 5.92 Å². The zero-order valence-corrected chi connectivity index (χ0v) is 12.3. The van der Waals surface area contributed by atoms with Crippen molar-refractivity contribution in [1.82, 2.24) is 4.90 Å². The second-order valence-corrected chi connectivity index (χ2v) is 6.15. The fraction of sp³-hybridized carbons (Fsp3) is 0.556. The molecule has 1 aromatic carbocycles. The lowest BCUT2D eigenvalue weighted by Gasteiger charge is -2.56. The highest BCUT2D eigenvalue weighted by molar-refractivity contribution is 5.62. The van der Waals surface area contributed by atoms with E-state index in [0.717, 1.165) is 0 Å². The Morgan fingerprint density at radius 3 is 3.32 bits per heavy atom. The number of benzene rings is 1. The van der Waals surface area contributed by atoms with Gasteiger partial charge in [0, 0.05) is 27.0 Å². The van der Waals surface area contributed by atoms with Gasteiger partial charge in [-0.25, -0.2) is 0 Å². The van der Waals surface area contributed by atoms with Gasteiger partial charge >= 0.3 is 0 Å². The summed E-state index contributed by atoms with van der Waals surface area (Å²) >= 11 is 0. The number of ether oxygens (including phenoxy) is 2. The number of hydrogen-bond acceptors (Lipinski definition) is 4. The van der Waals surface area contributed by atoms with Gasteiger partial charge in [-0.3, -0.25) is 0 Å². The van der Waals surface area contributed by atoms with E-state index in [2.05, 4.69) is 5.11 Å². The highest BCUT2D eigenvalue weighted by atomic mass is 16.5. The number of methoxy groups -OCH3 is 1. The minimum Gasteiger partial charge on any atom is -0.493 e. The van der Waals surface area contributed by atoms with Crippen molar-refractivity contribution in [3.8, 4) is 11.5 Å². The van der Waals surface area contributed by atoms with Crippen LogP contribution in [0, 0.1) is 5.92 Å². The van der Waals surface area contributed by atoms with Gasteiger partial charge < -0.3 is 19.5 Å². The number of likely N-dealkylation sites (N-methyl/N-ethyl adjacent to an activating group) is 1. The van der Waals surface area contributed by atoms with E-state index in [4.69, 9.17) is 17.8 Å². The third kappa shape index (κ3) is 1.28. The topological polar surface area (TPSA) is 41.9 Å². The van der Waals surface area contributed by atoms with Crippen LogP contribution in [0.5, 0.6) is 11.5 Å². The second kappa shape index (κ2) is 4.06. The predicted octanol–water partition coefficient (Wildman–Crippen LogP) is 1.50. The number of piperidine rings is 1. The molecule has 1 fully saturated rings. The lowest BCUT2D eigenvalue weighted by molar-refractivity contribution is -0.0453. The van der Waals surface area contributed by atoms with Gasteiger partial charge in [-0.15, -0.1) is 0 Å². The van der Waals surface area contributed by atoms with Crippen molar-refractivity contribution in [2.45, 2.75) is 36.4 Å². The van der Waals surface area contributed by atoms with Crippen LogP contribution in [0.2, 0.25) is 0 Å². The van der Waals surface area contributed by atoms with Gasteiger partial charge in [0.05, 0.1) is 12.6 Å². The highest BCUT2D eigenvalue weighted by Crippen LogP contribution is 2.62. The fourth-order valence-corrected chi connectivity index (χ4v) is 4.24. The van der Waals surface area contributed by atoms with Gasteiger partial charge in [-0.2, -0.15) is 0 Å². The van der Waals surface area contributed by atoms with Gasteiger partial charge in [0.2, 0.25) is 1.43 Å². The molecule has 5 rings (SSSR count). The van der Waals surface area contributed by atoms with Gasteiger partial charge in [0.25, 0.3) is 0 Å². The molecule has 1 saturated heterocycles. The number of aliphatic hydroxyl groups is 1. The van der Waals surface area contributed by atoms with E-state index in [9.17, 15) is 2.74 Å². The van der Waals surface area contributed by atoms with Crippen LogP contribution in [0.3, 0.4) is 0 Å². The van der Waals surface area contributed by atoms with Crippen LogP contribution < -0.4 is 9.47 Å². The lowest BCUT2D eigenvalue weighted by atomic mass is 9.53.